The molecule has 0 spiro atoms. The average molecular weight is 219 g/mol. The molecule has 0 aliphatic carbocycles. The third kappa shape index (κ3) is 2.22. The van der Waals surface area contributed by atoms with Crippen LogP contribution in [0.5, 0.6) is 5.75 Å². The normalized spacial score (nSPS) is 20.9. The molecule has 0 saturated heterocycles. The first-order chi connectivity index (χ1) is 7.48. The van der Waals surface area contributed by atoms with Crippen LogP contribution in [0.15, 0.2) is 18.2 Å². The standard InChI is InChI=1S/C14H21NO/c1-10-8-15-9-11-12(14(2,3)4)6-5-7-13(11)16-10/h5-7,10,15H,8-9H2,1-4H3/t10-/m0/s1. The van der Waals surface area contributed by atoms with Crippen LogP contribution in [0.3, 0.4) is 0 Å². The predicted molar refractivity (Wildman–Crippen MR) is 66.9 cm³/mol. The number of benzene rings is 1. The van der Waals surface area contributed by atoms with Crippen LogP contribution in [-0.4, -0.2) is 12.6 Å². The number of hydrogen-bond acceptors (Lipinski definition) is 2. The monoisotopic (exact) mass is 219 g/mol. The molecule has 1 aromatic rings. The Balaban J connectivity index is 2.47. The summed E-state index contributed by atoms with van der Waals surface area (Å²) in [5, 5.41) is 3.44. The number of ether oxygens (including phenoxy) is 1. The molecule has 1 heterocycles. The highest BCUT2D eigenvalue weighted by atomic mass is 16.5. The summed E-state index contributed by atoms with van der Waals surface area (Å²) in [5.41, 5.74) is 2.87. The molecule has 0 bridgehead atoms. The predicted octanol–water partition coefficient (Wildman–Crippen LogP) is 2.85. The fourth-order valence-corrected chi connectivity index (χ4v) is 2.22. The van der Waals surface area contributed by atoms with Gasteiger partial charge in [-0.2, -0.15) is 0 Å². The first-order valence-corrected chi connectivity index (χ1v) is 5.98. The van der Waals surface area contributed by atoms with Gasteiger partial charge in [0.2, 0.25) is 0 Å². The van der Waals surface area contributed by atoms with Gasteiger partial charge in [0, 0.05) is 18.7 Å². The van der Waals surface area contributed by atoms with E-state index >= 15 is 0 Å². The molecule has 0 amide bonds. The highest BCUT2D eigenvalue weighted by Gasteiger charge is 2.22. The van der Waals surface area contributed by atoms with Crippen LogP contribution < -0.4 is 10.1 Å². The van der Waals surface area contributed by atoms with Gasteiger partial charge < -0.3 is 10.1 Å². The third-order valence-corrected chi connectivity index (χ3v) is 3.00. The van der Waals surface area contributed by atoms with Crippen LogP contribution in [-0.2, 0) is 12.0 Å². The number of rotatable bonds is 0. The molecule has 2 rings (SSSR count). The molecule has 1 aliphatic heterocycles. The summed E-state index contributed by atoms with van der Waals surface area (Å²) >= 11 is 0. The summed E-state index contributed by atoms with van der Waals surface area (Å²) in [7, 11) is 0. The van der Waals surface area contributed by atoms with Crippen LogP contribution >= 0.6 is 0 Å². The van der Waals surface area contributed by atoms with Crippen molar-refractivity contribution in [2.75, 3.05) is 6.54 Å². The first-order valence-electron chi connectivity index (χ1n) is 5.98. The minimum absolute atomic E-state index is 0.171. The second-order valence-electron chi connectivity index (χ2n) is 5.59. The molecule has 0 fully saturated rings. The van der Waals surface area contributed by atoms with Gasteiger partial charge in [-0.25, -0.2) is 0 Å². The minimum Gasteiger partial charge on any atom is -0.489 e. The van der Waals surface area contributed by atoms with Crippen LogP contribution in [0.2, 0.25) is 0 Å². The van der Waals surface area contributed by atoms with Crippen molar-refractivity contribution in [3.05, 3.63) is 29.3 Å². The van der Waals surface area contributed by atoms with Gasteiger partial charge in [-0.3, -0.25) is 0 Å². The fraction of sp³-hybridized carbons (Fsp3) is 0.571. The van der Waals surface area contributed by atoms with E-state index in [-0.39, 0.29) is 11.5 Å². The van der Waals surface area contributed by atoms with Crippen molar-refractivity contribution in [3.63, 3.8) is 0 Å². The van der Waals surface area contributed by atoms with Gasteiger partial charge in [-0.05, 0) is 24.0 Å². The topological polar surface area (TPSA) is 21.3 Å². The van der Waals surface area contributed by atoms with Crippen LogP contribution in [0, 0.1) is 0 Å². The minimum atomic E-state index is 0.171. The Kier molecular flexibility index (Phi) is 2.94. The molecule has 1 aliphatic rings. The quantitative estimate of drug-likeness (QED) is 0.724. The van der Waals surface area contributed by atoms with Crippen LogP contribution in [0.25, 0.3) is 0 Å². The Morgan fingerprint density at radius 2 is 2.06 bits per heavy atom. The summed E-state index contributed by atoms with van der Waals surface area (Å²) in [6, 6.07) is 6.38. The highest BCUT2D eigenvalue weighted by Crippen LogP contribution is 2.33. The SMILES string of the molecule is C[C@H]1CNCc2c(cccc2C(C)(C)C)O1. The smallest absolute Gasteiger partial charge is 0.124 e. The van der Waals surface area contributed by atoms with Gasteiger partial charge in [-0.1, -0.05) is 32.9 Å². The number of hydrogen-bond donors (Lipinski definition) is 1. The second kappa shape index (κ2) is 4.10. The van der Waals surface area contributed by atoms with E-state index in [2.05, 4.69) is 51.2 Å². The Morgan fingerprint density at radius 3 is 2.75 bits per heavy atom. The van der Waals surface area contributed by atoms with E-state index in [1.807, 2.05) is 0 Å². The van der Waals surface area contributed by atoms with Crippen molar-refractivity contribution < 1.29 is 4.74 Å². The Labute approximate surface area is 98.0 Å². The Hall–Kier alpha value is -1.02. The summed E-state index contributed by atoms with van der Waals surface area (Å²) < 4.78 is 5.93. The van der Waals surface area contributed by atoms with Gasteiger partial charge in [0.25, 0.3) is 0 Å². The molecule has 2 heteroatoms. The molecular weight excluding hydrogens is 198 g/mol. The van der Waals surface area contributed by atoms with Crippen molar-refractivity contribution in [2.45, 2.75) is 45.8 Å². The third-order valence-electron chi connectivity index (χ3n) is 3.00. The zero-order chi connectivity index (χ0) is 11.8. The maximum Gasteiger partial charge on any atom is 0.124 e. The second-order valence-corrected chi connectivity index (χ2v) is 5.59. The average Bonchev–Trinajstić information content (AvgIpc) is 2.35. The highest BCUT2D eigenvalue weighted by molar-refractivity contribution is 5.44. The lowest BCUT2D eigenvalue weighted by Crippen LogP contribution is -2.25. The summed E-state index contributed by atoms with van der Waals surface area (Å²) in [5.74, 6) is 1.05. The van der Waals surface area contributed by atoms with Crippen molar-refractivity contribution in [1.82, 2.24) is 5.32 Å². The molecule has 0 unspecified atom stereocenters. The fourth-order valence-electron chi connectivity index (χ4n) is 2.22. The Morgan fingerprint density at radius 1 is 1.31 bits per heavy atom. The lowest BCUT2D eigenvalue weighted by Gasteiger charge is -2.24. The van der Waals surface area contributed by atoms with Crippen molar-refractivity contribution in [2.24, 2.45) is 0 Å². The van der Waals surface area contributed by atoms with E-state index in [1.165, 1.54) is 11.1 Å². The molecule has 2 nitrogen and oxygen atoms in total. The van der Waals surface area contributed by atoms with Gasteiger partial charge in [-0.15, -0.1) is 0 Å². The van der Waals surface area contributed by atoms with Crippen LogP contribution in [0.4, 0.5) is 0 Å². The molecule has 88 valence electrons. The van der Waals surface area contributed by atoms with Gasteiger partial charge in [0.1, 0.15) is 11.9 Å². The van der Waals surface area contributed by atoms with Gasteiger partial charge >= 0.3 is 0 Å². The first kappa shape index (κ1) is 11.5. The van der Waals surface area contributed by atoms with Crippen molar-refractivity contribution >= 4 is 0 Å². The van der Waals surface area contributed by atoms with Gasteiger partial charge in [0.05, 0.1) is 0 Å². The summed E-state index contributed by atoms with van der Waals surface area (Å²) in [6.07, 6.45) is 0.247. The zero-order valence-corrected chi connectivity index (χ0v) is 10.6. The van der Waals surface area contributed by atoms with E-state index in [9.17, 15) is 0 Å². The molecule has 0 aromatic heterocycles. The molecular formula is C14H21NO. The largest absolute Gasteiger partial charge is 0.489 e. The van der Waals surface area contributed by atoms with E-state index < -0.39 is 0 Å². The lowest BCUT2D eigenvalue weighted by molar-refractivity contribution is 0.226. The molecule has 1 N–H and O–H groups in total. The molecule has 0 radical (unpaired) electrons. The summed E-state index contributed by atoms with van der Waals surface area (Å²) in [6.45, 7) is 10.7. The van der Waals surface area contributed by atoms with E-state index in [0.717, 1.165) is 18.8 Å². The molecule has 1 atom stereocenters. The Bertz CT molecular complexity index is 379. The van der Waals surface area contributed by atoms with E-state index in [1.54, 1.807) is 0 Å². The van der Waals surface area contributed by atoms with E-state index in [0.29, 0.717) is 0 Å². The lowest BCUT2D eigenvalue weighted by atomic mass is 9.83. The number of nitrogens with one attached hydrogen (secondary N) is 1. The maximum absolute atomic E-state index is 5.93. The number of fused-ring (bicyclic) bond motifs is 1. The molecule has 16 heavy (non-hydrogen) atoms. The molecule has 1 aromatic carbocycles. The van der Waals surface area contributed by atoms with E-state index in [4.69, 9.17) is 4.74 Å². The van der Waals surface area contributed by atoms with Gasteiger partial charge in [0.15, 0.2) is 0 Å². The van der Waals surface area contributed by atoms with Crippen molar-refractivity contribution in [3.8, 4) is 5.75 Å². The molecule has 0 saturated carbocycles. The maximum atomic E-state index is 5.93. The summed E-state index contributed by atoms with van der Waals surface area (Å²) in [4.78, 5) is 0. The van der Waals surface area contributed by atoms with Crippen LogP contribution in [0.1, 0.15) is 38.8 Å². The zero-order valence-electron chi connectivity index (χ0n) is 10.6. The van der Waals surface area contributed by atoms with Crippen molar-refractivity contribution in [1.29, 1.82) is 0 Å².